The van der Waals surface area contributed by atoms with E-state index in [4.69, 9.17) is 0 Å². The predicted octanol–water partition coefficient (Wildman–Crippen LogP) is 18.1. The molecule has 0 unspecified atom stereocenters. The van der Waals surface area contributed by atoms with Crippen LogP contribution in [0, 0.1) is 0 Å². The van der Waals surface area contributed by atoms with Crippen molar-refractivity contribution in [1.82, 2.24) is 0 Å². The summed E-state index contributed by atoms with van der Waals surface area (Å²) in [6.45, 7) is 74.0. The topological polar surface area (TPSA) is 0 Å². The molecule has 1 aliphatic rings. The lowest BCUT2D eigenvalue weighted by molar-refractivity contribution is 0.811. The Hall–Kier alpha value is -1.82. The van der Waals surface area contributed by atoms with Crippen molar-refractivity contribution in [3.8, 4) is 0 Å². The highest BCUT2D eigenvalue weighted by molar-refractivity contribution is 8.22. The Labute approximate surface area is 452 Å². The fourth-order valence-electron chi connectivity index (χ4n) is 13.8. The van der Waals surface area contributed by atoms with Crippen LogP contribution in [0.25, 0.3) is 0 Å². The van der Waals surface area contributed by atoms with Crippen LogP contribution in [0.15, 0.2) is 48.5 Å². The summed E-state index contributed by atoms with van der Waals surface area (Å²) in [5, 5.41) is 8.01. The Kier molecular flexibility index (Phi) is 18.9. The van der Waals surface area contributed by atoms with Crippen LogP contribution in [0.1, 0.15) is 304 Å². The summed E-state index contributed by atoms with van der Waals surface area (Å²) < 4.78 is 0. The van der Waals surface area contributed by atoms with Crippen molar-refractivity contribution in [2.45, 2.75) is 276 Å². The molecule has 6 heteroatoms. The molecule has 0 aliphatic carbocycles. The number of rotatable bonds is 18. The lowest BCUT2D eigenvalue weighted by Gasteiger charge is -2.71. The summed E-state index contributed by atoms with van der Waals surface area (Å²) in [5.74, 6) is 5.53. The van der Waals surface area contributed by atoms with Crippen molar-refractivity contribution >= 4 is 64.0 Å². The number of hydrogen-bond acceptors (Lipinski definition) is 0. The monoisotopic (exact) mass is 1070 g/mol. The molecule has 0 aromatic heterocycles. The largest absolute Gasteiger partial charge is 0.0894 e. The van der Waals surface area contributed by atoms with E-state index in [-0.39, 0.29) is 0 Å². The second-order valence-corrected chi connectivity index (χ2v) is 84.9. The highest BCUT2D eigenvalue weighted by Gasteiger charge is 2.79. The second-order valence-electron chi connectivity index (χ2n) is 28.9. The third kappa shape index (κ3) is 10.3. The van der Waals surface area contributed by atoms with E-state index in [1.165, 1.54) is 0 Å². The Balaban J connectivity index is 2.60. The van der Waals surface area contributed by atoms with Gasteiger partial charge in [-0.2, -0.15) is 0 Å². The zero-order valence-electron chi connectivity index (χ0n) is 52.5. The van der Waals surface area contributed by atoms with Gasteiger partial charge in [-0.3, -0.25) is 0 Å². The van der Waals surface area contributed by atoms with E-state index in [1.807, 2.05) is 20.7 Å². The van der Waals surface area contributed by atoms with Gasteiger partial charge in [-0.15, -0.1) is 0 Å². The minimum Gasteiger partial charge on any atom is -0.0713 e. The van der Waals surface area contributed by atoms with Crippen LogP contribution in [0.2, 0.25) is 39.3 Å². The van der Waals surface area contributed by atoms with Gasteiger partial charge in [0.05, 0.1) is 13.3 Å². The molecule has 4 aromatic carbocycles. The van der Waals surface area contributed by atoms with Crippen LogP contribution in [-0.4, -0.2) is 43.3 Å². The minimum absolute atomic E-state index is 0.447. The molecule has 0 nitrogen and oxygen atoms in total. The Bertz CT molecular complexity index is 2340. The first-order valence-electron chi connectivity index (χ1n) is 29.4. The first-order chi connectivity index (χ1) is 33.0. The van der Waals surface area contributed by atoms with Gasteiger partial charge in [0, 0.05) is 30.0 Å². The Morgan fingerprint density at radius 3 is 0.528 bits per heavy atom. The lowest BCUT2D eigenvalue weighted by atomic mass is 9.89. The predicted molar refractivity (Wildman–Crippen MR) is 343 cm³/mol. The molecule has 2 atom stereocenters. The van der Waals surface area contributed by atoms with Crippen molar-refractivity contribution in [3.05, 3.63) is 115 Å². The van der Waals surface area contributed by atoms with Crippen LogP contribution >= 0.6 is 0 Å². The highest BCUT2D eigenvalue weighted by Crippen LogP contribution is 2.49. The minimum atomic E-state index is -2.73. The quantitative estimate of drug-likeness (QED) is 0.0871. The van der Waals surface area contributed by atoms with E-state index < -0.39 is 43.3 Å². The Morgan fingerprint density at radius 2 is 0.403 bits per heavy atom. The molecule has 0 saturated heterocycles. The molecule has 1 heterocycles. The molecule has 72 heavy (non-hydrogen) atoms. The summed E-state index contributed by atoms with van der Waals surface area (Å²) in [7, 11) is -7.14. The number of hydrogen-bond donors (Lipinski definition) is 0. The SMILES string of the molecule is CC(C)c1cc(C(C)C)c([Si]2=[Si](c3c(C(C)C)cc(C(C)C)cc3C(C)C)[Si@](c3c(C(C)C)cc(C(C)C)cc3C(C)C)([Si](C)(C)C)[Si@]2(c2c(C(C)C)cc(C(C)C)cc2C(C)C)[Si](C)(C)C)c(C(C)C)c1. The Morgan fingerprint density at radius 1 is 0.250 bits per heavy atom. The zero-order chi connectivity index (χ0) is 55.0. The van der Waals surface area contributed by atoms with Crippen molar-refractivity contribution in [3.63, 3.8) is 0 Å². The molecule has 0 amide bonds. The average Bonchev–Trinajstić information content (AvgIpc) is 3.23. The fourth-order valence-corrected chi connectivity index (χ4v) is 236. The summed E-state index contributed by atoms with van der Waals surface area (Å²) in [5.41, 5.74) is 20.3. The van der Waals surface area contributed by atoms with E-state index in [1.54, 1.807) is 66.8 Å². The summed E-state index contributed by atoms with van der Waals surface area (Å²) >= 11 is 0. The first kappa shape index (κ1) is 61.0. The van der Waals surface area contributed by atoms with Gasteiger partial charge >= 0.3 is 0 Å². The molecule has 0 spiro atoms. The molecule has 0 N–H and O–H groups in total. The van der Waals surface area contributed by atoms with E-state index in [0.717, 1.165) is 0 Å². The highest BCUT2D eigenvalue weighted by atomic mass is 30.3. The van der Waals surface area contributed by atoms with Gasteiger partial charge in [0.15, 0.2) is 0 Å². The van der Waals surface area contributed by atoms with Gasteiger partial charge in [-0.05, 0) is 148 Å². The summed E-state index contributed by atoms with van der Waals surface area (Å²) in [6, 6.07) is 22.6. The fraction of sp³-hybridized carbons (Fsp3) is 0.636. The zero-order valence-corrected chi connectivity index (χ0v) is 58.5. The van der Waals surface area contributed by atoms with E-state index in [2.05, 4.69) is 254 Å². The second kappa shape index (κ2) is 22.3. The van der Waals surface area contributed by atoms with Crippen molar-refractivity contribution < 1.29 is 0 Å². The van der Waals surface area contributed by atoms with Crippen LogP contribution in [0.3, 0.4) is 0 Å². The molecule has 1 aliphatic heterocycles. The molecule has 0 radical (unpaired) electrons. The van der Waals surface area contributed by atoms with E-state index in [9.17, 15) is 0 Å². The lowest BCUT2D eigenvalue weighted by Crippen LogP contribution is -3.09. The van der Waals surface area contributed by atoms with Crippen molar-refractivity contribution in [2.75, 3.05) is 0 Å². The summed E-state index contributed by atoms with van der Waals surface area (Å²) in [6.07, 6.45) is 0. The maximum absolute atomic E-state index is 3.02. The maximum atomic E-state index is 3.02. The van der Waals surface area contributed by atoms with E-state index in [0.29, 0.717) is 71.0 Å². The first-order valence-corrected chi connectivity index (χ1v) is 49.4. The number of benzene rings is 4. The van der Waals surface area contributed by atoms with Gasteiger partial charge < -0.3 is 0 Å². The third-order valence-electron chi connectivity index (χ3n) is 17.6. The van der Waals surface area contributed by atoms with Crippen LogP contribution in [0.5, 0.6) is 0 Å². The molecular weight excluding hydrogens is 961 g/mol. The molecular formula is C66H110Si6. The van der Waals surface area contributed by atoms with Gasteiger partial charge in [0.1, 0.15) is 0 Å². The van der Waals surface area contributed by atoms with Gasteiger partial charge in [0.25, 0.3) is 0 Å². The van der Waals surface area contributed by atoms with Gasteiger partial charge in [-0.1, -0.05) is 264 Å². The maximum Gasteiger partial charge on any atom is 0.0894 e. The summed E-state index contributed by atoms with van der Waals surface area (Å²) in [4.78, 5) is 0. The standard InChI is InChI=1S/C66H110Si6/c1-39(2)51-31-55(43(9)10)63(56(32-51)44(11)12)67-68(64-57(45(13)14)33-52(40(3)4)34-58(64)46(15)16)72(70(28,29)30,66-61(49(21)22)37-54(42(7)8)38-62(66)50(23)24)71(67,69(25,26)27)65-59(47(17)18)35-53(41(5)6)36-60(65)48(19)20/h31-50H,1-30H3/t71-,72+. The van der Waals surface area contributed by atoms with Crippen LogP contribution < -0.4 is 20.7 Å². The smallest absolute Gasteiger partial charge is 0.0713 e. The van der Waals surface area contributed by atoms with Crippen LogP contribution in [0.4, 0.5) is 0 Å². The molecule has 398 valence electrons. The van der Waals surface area contributed by atoms with Crippen molar-refractivity contribution in [1.29, 1.82) is 0 Å². The van der Waals surface area contributed by atoms with Gasteiger partial charge in [0.2, 0.25) is 0 Å². The molecule has 5 rings (SSSR count). The molecule has 0 bridgehead atoms. The van der Waals surface area contributed by atoms with Crippen LogP contribution in [-0.2, 0) is 0 Å². The normalized spacial score (nSPS) is 18.3. The van der Waals surface area contributed by atoms with Gasteiger partial charge in [-0.25, -0.2) is 0 Å². The van der Waals surface area contributed by atoms with E-state index >= 15 is 0 Å². The molecule has 0 fully saturated rings. The van der Waals surface area contributed by atoms with Crippen molar-refractivity contribution in [2.24, 2.45) is 0 Å². The average molecular weight is 1070 g/mol. The third-order valence-corrected chi connectivity index (χ3v) is 141. The molecule has 0 saturated carbocycles. The molecule has 4 aromatic rings.